The first kappa shape index (κ1) is 21.6. The van der Waals surface area contributed by atoms with Crippen molar-refractivity contribution < 1.29 is 9.72 Å². The summed E-state index contributed by atoms with van der Waals surface area (Å²) in [5.74, 6) is 0.403. The molecule has 2 aromatic rings. The van der Waals surface area contributed by atoms with E-state index in [-0.39, 0.29) is 17.5 Å². The van der Waals surface area contributed by atoms with E-state index < -0.39 is 4.92 Å². The molecule has 0 bridgehead atoms. The van der Waals surface area contributed by atoms with Crippen molar-refractivity contribution in [3.8, 4) is 0 Å². The van der Waals surface area contributed by atoms with Gasteiger partial charge in [-0.3, -0.25) is 19.8 Å². The van der Waals surface area contributed by atoms with Crippen LogP contribution in [-0.4, -0.2) is 35.0 Å². The lowest BCUT2D eigenvalue weighted by Gasteiger charge is -2.30. The largest absolute Gasteiger partial charge is 0.299 e. The van der Waals surface area contributed by atoms with Crippen LogP contribution < -0.4 is 5.43 Å². The van der Waals surface area contributed by atoms with Crippen LogP contribution in [0.15, 0.2) is 53.6 Å². The smallest absolute Gasteiger partial charge is 0.269 e. The maximum atomic E-state index is 12.4. The highest BCUT2D eigenvalue weighted by Crippen LogP contribution is 2.20. The normalized spacial score (nSPS) is 15.6. The number of benzene rings is 2. The van der Waals surface area contributed by atoms with Crippen molar-refractivity contribution in [3.05, 3.63) is 75.3 Å². The molecule has 0 spiro atoms. The van der Waals surface area contributed by atoms with Crippen LogP contribution in [0.25, 0.3) is 0 Å². The fourth-order valence-corrected chi connectivity index (χ4v) is 3.56. The Morgan fingerprint density at radius 2 is 1.80 bits per heavy atom. The van der Waals surface area contributed by atoms with Gasteiger partial charge in [-0.15, -0.1) is 0 Å². The summed E-state index contributed by atoms with van der Waals surface area (Å²) < 4.78 is 0. The zero-order valence-corrected chi connectivity index (χ0v) is 17.5. The predicted octanol–water partition coefficient (Wildman–Crippen LogP) is 4.08. The summed E-state index contributed by atoms with van der Waals surface area (Å²) >= 11 is 0. The molecule has 2 aromatic carbocycles. The lowest BCUT2D eigenvalue weighted by Crippen LogP contribution is -2.39. The first-order valence-electron chi connectivity index (χ1n) is 10.3. The highest BCUT2D eigenvalue weighted by atomic mass is 16.6. The van der Waals surface area contributed by atoms with Crippen molar-refractivity contribution in [2.45, 2.75) is 39.2 Å². The van der Waals surface area contributed by atoms with Gasteiger partial charge in [0.15, 0.2) is 0 Å². The number of hydrazone groups is 1. The highest BCUT2D eigenvalue weighted by molar-refractivity contribution is 5.83. The first-order chi connectivity index (χ1) is 14.4. The SMILES string of the molecule is CC(C)c1ccc(/C=N/NC(=O)C2CCN(Cc3ccc([N+](=O)[O-])cc3)CC2)cc1. The Morgan fingerprint density at radius 1 is 1.17 bits per heavy atom. The van der Waals surface area contributed by atoms with E-state index in [0.717, 1.165) is 43.6 Å². The molecule has 0 radical (unpaired) electrons. The van der Waals surface area contributed by atoms with Gasteiger partial charge in [0.25, 0.3) is 5.69 Å². The number of piperidine rings is 1. The van der Waals surface area contributed by atoms with Gasteiger partial charge < -0.3 is 0 Å². The van der Waals surface area contributed by atoms with Gasteiger partial charge in [-0.05, 0) is 48.5 Å². The van der Waals surface area contributed by atoms with Crippen LogP contribution in [0.4, 0.5) is 5.69 Å². The second-order valence-electron chi connectivity index (χ2n) is 8.03. The van der Waals surface area contributed by atoms with Crippen LogP contribution in [0.3, 0.4) is 0 Å². The molecular formula is C23H28N4O3. The average Bonchev–Trinajstić information content (AvgIpc) is 2.75. The molecule has 158 valence electrons. The van der Waals surface area contributed by atoms with E-state index in [1.165, 1.54) is 17.7 Å². The Balaban J connectivity index is 1.43. The Kier molecular flexibility index (Phi) is 7.30. The standard InChI is InChI=1S/C23H28N4O3/c1-17(2)20-7-3-18(4-8-20)15-24-25-23(28)21-11-13-26(14-12-21)16-19-5-9-22(10-6-19)27(29)30/h3-10,15,17,21H,11-14,16H2,1-2H3,(H,25,28)/b24-15+. The van der Waals surface area contributed by atoms with Gasteiger partial charge in [0.1, 0.15) is 0 Å². The number of hydrogen-bond acceptors (Lipinski definition) is 5. The molecule has 1 amide bonds. The number of nitro benzene ring substituents is 1. The van der Waals surface area contributed by atoms with Gasteiger partial charge in [0, 0.05) is 24.6 Å². The Hall–Kier alpha value is -3.06. The van der Waals surface area contributed by atoms with E-state index >= 15 is 0 Å². The van der Waals surface area contributed by atoms with Crippen molar-refractivity contribution in [2.75, 3.05) is 13.1 Å². The third-order valence-corrected chi connectivity index (χ3v) is 5.50. The van der Waals surface area contributed by atoms with E-state index in [4.69, 9.17) is 0 Å². The minimum atomic E-state index is -0.392. The number of non-ortho nitro benzene ring substituents is 1. The van der Waals surface area contributed by atoms with E-state index in [2.05, 4.69) is 41.4 Å². The molecule has 0 saturated carbocycles. The Morgan fingerprint density at radius 3 is 2.37 bits per heavy atom. The van der Waals surface area contributed by atoms with Gasteiger partial charge in [-0.25, -0.2) is 5.43 Å². The molecule has 1 aliphatic rings. The monoisotopic (exact) mass is 408 g/mol. The third kappa shape index (κ3) is 5.97. The van der Waals surface area contributed by atoms with E-state index in [9.17, 15) is 14.9 Å². The number of likely N-dealkylation sites (tertiary alicyclic amines) is 1. The maximum Gasteiger partial charge on any atom is 0.269 e. The molecule has 0 atom stereocenters. The van der Waals surface area contributed by atoms with E-state index in [0.29, 0.717) is 5.92 Å². The topological polar surface area (TPSA) is 87.8 Å². The molecule has 0 unspecified atom stereocenters. The molecule has 1 aliphatic heterocycles. The summed E-state index contributed by atoms with van der Waals surface area (Å²) in [4.78, 5) is 25.0. The zero-order chi connectivity index (χ0) is 21.5. The molecule has 0 aromatic heterocycles. The molecule has 3 rings (SSSR count). The second kappa shape index (κ2) is 10.1. The molecule has 1 saturated heterocycles. The fourth-order valence-electron chi connectivity index (χ4n) is 3.56. The summed E-state index contributed by atoms with van der Waals surface area (Å²) in [7, 11) is 0. The van der Waals surface area contributed by atoms with Crippen molar-refractivity contribution in [3.63, 3.8) is 0 Å². The van der Waals surface area contributed by atoms with Crippen LogP contribution in [0.2, 0.25) is 0 Å². The van der Waals surface area contributed by atoms with Crippen molar-refractivity contribution in [2.24, 2.45) is 11.0 Å². The van der Waals surface area contributed by atoms with Crippen molar-refractivity contribution >= 4 is 17.8 Å². The number of nitrogens with one attached hydrogen (secondary N) is 1. The second-order valence-corrected chi connectivity index (χ2v) is 8.03. The minimum absolute atomic E-state index is 0.0416. The van der Waals surface area contributed by atoms with Gasteiger partial charge >= 0.3 is 0 Å². The maximum absolute atomic E-state index is 12.4. The van der Waals surface area contributed by atoms with E-state index in [1.54, 1.807) is 18.3 Å². The quantitative estimate of drug-likeness (QED) is 0.425. The number of nitrogens with zero attached hydrogens (tertiary/aromatic N) is 3. The molecule has 1 N–H and O–H groups in total. The first-order valence-corrected chi connectivity index (χ1v) is 10.3. The van der Waals surface area contributed by atoms with E-state index in [1.807, 2.05) is 12.1 Å². The summed E-state index contributed by atoms with van der Waals surface area (Å²) in [5, 5.41) is 14.9. The third-order valence-electron chi connectivity index (χ3n) is 5.50. The average molecular weight is 409 g/mol. The van der Waals surface area contributed by atoms with Gasteiger partial charge in [-0.2, -0.15) is 5.10 Å². The molecular weight excluding hydrogens is 380 g/mol. The number of rotatable bonds is 7. The van der Waals surface area contributed by atoms with Crippen LogP contribution in [0.1, 0.15) is 49.3 Å². The number of nitro groups is 1. The number of carbonyl (C=O) groups excluding carboxylic acids is 1. The number of amides is 1. The lowest BCUT2D eigenvalue weighted by molar-refractivity contribution is -0.384. The molecule has 7 heteroatoms. The van der Waals surface area contributed by atoms with Crippen molar-refractivity contribution in [1.82, 2.24) is 10.3 Å². The summed E-state index contributed by atoms with van der Waals surface area (Å²) in [6.07, 6.45) is 3.22. The summed E-state index contributed by atoms with van der Waals surface area (Å²) in [6.45, 7) is 6.67. The van der Waals surface area contributed by atoms with Crippen molar-refractivity contribution in [1.29, 1.82) is 0 Å². The molecule has 7 nitrogen and oxygen atoms in total. The number of hydrogen-bond donors (Lipinski definition) is 1. The van der Waals surface area contributed by atoms with Gasteiger partial charge in [0.2, 0.25) is 5.91 Å². The van der Waals surface area contributed by atoms with Crippen LogP contribution >= 0.6 is 0 Å². The highest BCUT2D eigenvalue weighted by Gasteiger charge is 2.24. The van der Waals surface area contributed by atoms with Gasteiger partial charge in [-0.1, -0.05) is 50.2 Å². The molecule has 1 fully saturated rings. The van der Waals surface area contributed by atoms with Crippen LogP contribution in [0.5, 0.6) is 0 Å². The summed E-state index contributed by atoms with van der Waals surface area (Å²) in [5.41, 5.74) is 6.04. The Labute approximate surface area is 176 Å². The minimum Gasteiger partial charge on any atom is -0.299 e. The predicted molar refractivity (Wildman–Crippen MR) is 117 cm³/mol. The molecule has 1 heterocycles. The molecule has 0 aliphatic carbocycles. The number of carbonyl (C=O) groups is 1. The van der Waals surface area contributed by atoms with Crippen LogP contribution in [-0.2, 0) is 11.3 Å². The van der Waals surface area contributed by atoms with Crippen LogP contribution in [0, 0.1) is 16.0 Å². The summed E-state index contributed by atoms with van der Waals surface area (Å²) in [6, 6.07) is 14.8. The fraction of sp³-hybridized carbons (Fsp3) is 0.391. The lowest BCUT2D eigenvalue weighted by atomic mass is 9.96. The van der Waals surface area contributed by atoms with Gasteiger partial charge in [0.05, 0.1) is 11.1 Å². The zero-order valence-electron chi connectivity index (χ0n) is 17.5. The molecule has 30 heavy (non-hydrogen) atoms. The Bertz CT molecular complexity index is 884.